The van der Waals surface area contributed by atoms with E-state index in [4.69, 9.17) is 0 Å². The summed E-state index contributed by atoms with van der Waals surface area (Å²) >= 11 is 3.52. The van der Waals surface area contributed by atoms with Gasteiger partial charge in [0.05, 0.1) is 6.20 Å². The van der Waals surface area contributed by atoms with E-state index in [0.29, 0.717) is 18.8 Å². The smallest absolute Gasteiger partial charge is 0.242 e. The summed E-state index contributed by atoms with van der Waals surface area (Å²) in [5, 5.41) is 16.5. The van der Waals surface area contributed by atoms with E-state index in [2.05, 4.69) is 31.1 Å². The Morgan fingerprint density at radius 1 is 1.17 bits per heavy atom. The van der Waals surface area contributed by atoms with Gasteiger partial charge in [0.2, 0.25) is 5.43 Å². The van der Waals surface area contributed by atoms with Crippen molar-refractivity contribution in [1.29, 1.82) is 0 Å². The molecule has 6 nitrogen and oxygen atoms in total. The van der Waals surface area contributed by atoms with Crippen LogP contribution in [-0.4, -0.2) is 24.9 Å². The Labute approximate surface area is 180 Å². The second kappa shape index (κ2) is 8.62. The van der Waals surface area contributed by atoms with E-state index >= 15 is 0 Å². The van der Waals surface area contributed by atoms with Crippen molar-refractivity contribution in [3.63, 3.8) is 0 Å². The van der Waals surface area contributed by atoms with Gasteiger partial charge in [0.15, 0.2) is 11.6 Å². The Kier molecular flexibility index (Phi) is 5.76. The molecule has 0 saturated carbocycles. The van der Waals surface area contributed by atoms with Crippen LogP contribution >= 0.6 is 15.9 Å². The van der Waals surface area contributed by atoms with E-state index in [1.54, 1.807) is 24.5 Å². The van der Waals surface area contributed by atoms with E-state index in [9.17, 15) is 14.3 Å². The number of aromatic amines is 1. The lowest BCUT2D eigenvalue weighted by molar-refractivity contribution is 0.466. The molecule has 2 aromatic heterocycles. The van der Waals surface area contributed by atoms with Crippen LogP contribution in [-0.2, 0) is 6.54 Å². The van der Waals surface area contributed by atoms with Crippen LogP contribution in [0.1, 0.15) is 23.5 Å². The fourth-order valence-corrected chi connectivity index (χ4v) is 3.90. The predicted molar refractivity (Wildman–Crippen MR) is 115 cm³/mol. The maximum atomic E-state index is 13.5. The van der Waals surface area contributed by atoms with Crippen molar-refractivity contribution in [1.82, 2.24) is 19.7 Å². The van der Waals surface area contributed by atoms with Gasteiger partial charge in [-0.2, -0.15) is 5.10 Å². The average molecular weight is 469 g/mol. The van der Waals surface area contributed by atoms with E-state index in [1.165, 1.54) is 12.1 Å². The molecule has 0 saturated heterocycles. The number of hydrogen-bond donors (Lipinski definition) is 2. The molecule has 152 valence electrons. The summed E-state index contributed by atoms with van der Waals surface area (Å²) < 4.78 is 16.3. The van der Waals surface area contributed by atoms with Crippen molar-refractivity contribution >= 4 is 15.9 Å². The fourth-order valence-electron chi connectivity index (χ4n) is 3.48. The molecule has 0 amide bonds. The fraction of sp³-hybridized carbons (Fsp3) is 0.136. The summed E-state index contributed by atoms with van der Waals surface area (Å²) in [7, 11) is 0. The van der Waals surface area contributed by atoms with Crippen molar-refractivity contribution < 1.29 is 9.50 Å². The van der Waals surface area contributed by atoms with Crippen LogP contribution in [0, 0.1) is 5.82 Å². The number of nitrogens with one attached hydrogen (secondary N) is 1. The molecule has 2 heterocycles. The molecule has 0 radical (unpaired) electrons. The summed E-state index contributed by atoms with van der Waals surface area (Å²) in [4.78, 5) is 16.0. The van der Waals surface area contributed by atoms with Gasteiger partial charge in [-0.05, 0) is 41.8 Å². The van der Waals surface area contributed by atoms with Crippen LogP contribution in [0.4, 0.5) is 4.39 Å². The zero-order valence-electron chi connectivity index (χ0n) is 15.8. The SMILES string of the molecule is O=c1cn[nH]c(-c2nccn2CCC(c2ccc(F)cc2)c2cccc(Br)c2)c1O. The van der Waals surface area contributed by atoms with E-state index in [-0.39, 0.29) is 17.4 Å². The number of imidazole rings is 1. The number of rotatable bonds is 6. The third-order valence-electron chi connectivity index (χ3n) is 4.95. The summed E-state index contributed by atoms with van der Waals surface area (Å²) in [5.41, 5.74) is 1.69. The number of H-pyrrole nitrogens is 1. The summed E-state index contributed by atoms with van der Waals surface area (Å²) in [5.74, 6) is -0.260. The summed E-state index contributed by atoms with van der Waals surface area (Å²) in [6.07, 6.45) is 5.09. The van der Waals surface area contributed by atoms with Crippen LogP contribution in [0.25, 0.3) is 11.5 Å². The van der Waals surface area contributed by atoms with Crippen LogP contribution in [0.15, 0.2) is 76.4 Å². The zero-order valence-corrected chi connectivity index (χ0v) is 17.4. The Morgan fingerprint density at radius 3 is 2.73 bits per heavy atom. The molecule has 1 unspecified atom stereocenters. The van der Waals surface area contributed by atoms with Crippen molar-refractivity contribution in [2.45, 2.75) is 18.9 Å². The van der Waals surface area contributed by atoms with Crippen molar-refractivity contribution in [2.24, 2.45) is 0 Å². The molecule has 4 aromatic rings. The quantitative estimate of drug-likeness (QED) is 0.437. The molecule has 2 aromatic carbocycles. The summed E-state index contributed by atoms with van der Waals surface area (Å²) in [6, 6.07) is 14.5. The number of nitrogens with zero attached hydrogens (tertiary/aromatic N) is 3. The number of hydrogen-bond acceptors (Lipinski definition) is 4. The molecule has 0 spiro atoms. The highest BCUT2D eigenvalue weighted by molar-refractivity contribution is 9.10. The third kappa shape index (κ3) is 4.18. The first-order chi connectivity index (χ1) is 14.5. The molecule has 4 rings (SSSR count). The molecule has 30 heavy (non-hydrogen) atoms. The topological polar surface area (TPSA) is 83.8 Å². The highest BCUT2D eigenvalue weighted by atomic mass is 79.9. The number of aromatic nitrogens is 4. The van der Waals surface area contributed by atoms with Crippen molar-refractivity contribution in [3.8, 4) is 17.3 Å². The average Bonchev–Trinajstić information content (AvgIpc) is 3.20. The lowest BCUT2D eigenvalue weighted by Crippen LogP contribution is -2.10. The molecule has 0 bridgehead atoms. The van der Waals surface area contributed by atoms with Crippen molar-refractivity contribution in [2.75, 3.05) is 0 Å². The largest absolute Gasteiger partial charge is 0.503 e. The number of aromatic hydroxyl groups is 1. The van der Waals surface area contributed by atoms with Gasteiger partial charge in [-0.25, -0.2) is 9.37 Å². The Balaban J connectivity index is 1.66. The summed E-state index contributed by atoms with van der Waals surface area (Å²) in [6.45, 7) is 0.556. The van der Waals surface area contributed by atoms with E-state index < -0.39 is 11.2 Å². The van der Waals surface area contributed by atoms with Gasteiger partial charge in [-0.1, -0.05) is 40.2 Å². The first-order valence-corrected chi connectivity index (χ1v) is 10.1. The molecule has 0 aliphatic carbocycles. The number of benzene rings is 2. The molecule has 0 aliphatic heterocycles. The van der Waals surface area contributed by atoms with Crippen LogP contribution in [0.5, 0.6) is 5.75 Å². The van der Waals surface area contributed by atoms with E-state index in [1.807, 2.05) is 28.8 Å². The van der Waals surface area contributed by atoms with Crippen LogP contribution < -0.4 is 5.43 Å². The highest BCUT2D eigenvalue weighted by Crippen LogP contribution is 2.31. The molecular weight excluding hydrogens is 451 g/mol. The van der Waals surface area contributed by atoms with Crippen LogP contribution in [0.2, 0.25) is 0 Å². The first kappa shape index (κ1) is 20.0. The van der Waals surface area contributed by atoms with Crippen molar-refractivity contribution in [3.05, 3.63) is 98.8 Å². The molecule has 1 atom stereocenters. The van der Waals surface area contributed by atoms with E-state index in [0.717, 1.165) is 21.8 Å². The molecular formula is C22H18BrFN4O2. The molecule has 2 N–H and O–H groups in total. The Hall–Kier alpha value is -3.26. The van der Waals surface area contributed by atoms with Gasteiger partial charge < -0.3 is 9.67 Å². The Morgan fingerprint density at radius 2 is 1.97 bits per heavy atom. The maximum Gasteiger partial charge on any atom is 0.242 e. The van der Waals surface area contributed by atoms with Gasteiger partial charge in [0.1, 0.15) is 11.5 Å². The second-order valence-electron chi connectivity index (χ2n) is 6.85. The molecule has 0 fully saturated rings. The second-order valence-corrected chi connectivity index (χ2v) is 7.77. The third-order valence-corrected chi connectivity index (χ3v) is 5.44. The first-order valence-electron chi connectivity index (χ1n) is 9.32. The molecule has 8 heteroatoms. The monoisotopic (exact) mass is 468 g/mol. The maximum absolute atomic E-state index is 13.5. The molecule has 0 aliphatic rings. The lowest BCUT2D eigenvalue weighted by atomic mass is 9.88. The van der Waals surface area contributed by atoms with Gasteiger partial charge in [-0.15, -0.1) is 0 Å². The van der Waals surface area contributed by atoms with Gasteiger partial charge in [-0.3, -0.25) is 9.89 Å². The van der Waals surface area contributed by atoms with Gasteiger partial charge in [0.25, 0.3) is 0 Å². The van der Waals surface area contributed by atoms with Gasteiger partial charge >= 0.3 is 0 Å². The minimum Gasteiger partial charge on any atom is -0.503 e. The Bertz CT molecular complexity index is 1220. The lowest BCUT2D eigenvalue weighted by Gasteiger charge is -2.19. The zero-order chi connectivity index (χ0) is 21.1. The number of aryl methyl sites for hydroxylation is 1. The minimum absolute atomic E-state index is 0.0138. The normalized spacial score (nSPS) is 12.1. The minimum atomic E-state index is -0.573. The number of halogens is 2. The van der Waals surface area contributed by atoms with Gasteiger partial charge in [0, 0.05) is 29.3 Å². The standard InChI is InChI=1S/C22H18BrFN4O2/c23-16-3-1-2-15(12-16)18(14-4-6-17(24)7-5-14)8-10-28-11-9-25-22(28)20-21(30)19(29)13-26-27-20/h1-7,9,11-13,18H,8,10H2,(H,26,30)(H,27,29). The predicted octanol–water partition coefficient (Wildman–Crippen LogP) is 4.46. The highest BCUT2D eigenvalue weighted by Gasteiger charge is 2.18. The van der Waals surface area contributed by atoms with Crippen LogP contribution in [0.3, 0.4) is 0 Å².